The standard InChI is InChI=1S/C13H16N4OS2/c1-9-6-7-12(20-9)11(18)8-19-13-14-15-16-17(13)10-4-2-3-5-10/h6-7,10H,2-5,8H2,1H3. The number of aryl methyl sites for hydroxylation is 1. The smallest absolute Gasteiger partial charge is 0.210 e. The molecule has 0 saturated heterocycles. The van der Waals surface area contributed by atoms with Gasteiger partial charge in [0.15, 0.2) is 5.78 Å². The molecule has 2 heterocycles. The quantitative estimate of drug-likeness (QED) is 0.627. The lowest BCUT2D eigenvalue weighted by Gasteiger charge is -2.10. The summed E-state index contributed by atoms with van der Waals surface area (Å²) in [6.07, 6.45) is 4.75. The third-order valence-corrected chi connectivity index (χ3v) is 5.46. The lowest BCUT2D eigenvalue weighted by atomic mass is 10.3. The first-order chi connectivity index (χ1) is 9.74. The van der Waals surface area contributed by atoms with E-state index >= 15 is 0 Å². The molecule has 0 aromatic carbocycles. The molecule has 7 heteroatoms. The first kappa shape index (κ1) is 13.8. The van der Waals surface area contributed by atoms with Crippen molar-refractivity contribution >= 4 is 28.9 Å². The van der Waals surface area contributed by atoms with Gasteiger partial charge in [0.25, 0.3) is 0 Å². The maximum absolute atomic E-state index is 12.1. The van der Waals surface area contributed by atoms with Gasteiger partial charge in [-0.3, -0.25) is 4.79 Å². The Labute approximate surface area is 125 Å². The predicted octanol–water partition coefficient (Wildman–Crippen LogP) is 3.13. The van der Waals surface area contributed by atoms with E-state index in [-0.39, 0.29) is 5.78 Å². The zero-order chi connectivity index (χ0) is 13.9. The van der Waals surface area contributed by atoms with E-state index in [0.29, 0.717) is 11.8 Å². The Bertz CT molecular complexity index is 601. The summed E-state index contributed by atoms with van der Waals surface area (Å²) in [7, 11) is 0. The molecule has 20 heavy (non-hydrogen) atoms. The molecular weight excluding hydrogens is 292 g/mol. The minimum atomic E-state index is 0.147. The Kier molecular flexibility index (Phi) is 4.16. The van der Waals surface area contributed by atoms with Crippen LogP contribution in [-0.2, 0) is 0 Å². The number of carbonyl (C=O) groups excluding carboxylic acids is 1. The fourth-order valence-corrected chi connectivity index (χ4v) is 4.17. The van der Waals surface area contributed by atoms with Crippen LogP contribution in [0.4, 0.5) is 0 Å². The first-order valence-corrected chi connectivity index (χ1v) is 8.54. The molecule has 3 rings (SSSR count). The number of carbonyl (C=O) groups is 1. The Morgan fingerprint density at radius 2 is 2.25 bits per heavy atom. The van der Waals surface area contributed by atoms with Gasteiger partial charge in [0.05, 0.1) is 16.7 Å². The topological polar surface area (TPSA) is 60.7 Å². The van der Waals surface area contributed by atoms with Crippen LogP contribution in [0.2, 0.25) is 0 Å². The lowest BCUT2D eigenvalue weighted by molar-refractivity contribution is 0.102. The Morgan fingerprint density at radius 1 is 1.45 bits per heavy atom. The molecule has 1 saturated carbocycles. The molecule has 0 amide bonds. The predicted molar refractivity (Wildman–Crippen MR) is 79.4 cm³/mol. The van der Waals surface area contributed by atoms with Crippen LogP contribution in [0.3, 0.4) is 0 Å². The van der Waals surface area contributed by atoms with Crippen LogP contribution < -0.4 is 0 Å². The summed E-state index contributed by atoms with van der Waals surface area (Å²) in [5.41, 5.74) is 0. The van der Waals surface area contributed by atoms with Crippen molar-refractivity contribution in [2.75, 3.05) is 5.75 Å². The average molecular weight is 308 g/mol. The summed E-state index contributed by atoms with van der Waals surface area (Å²) in [6.45, 7) is 2.01. The molecule has 0 radical (unpaired) electrons. The number of aromatic nitrogens is 4. The number of hydrogen-bond donors (Lipinski definition) is 0. The van der Waals surface area contributed by atoms with E-state index < -0.39 is 0 Å². The molecule has 0 atom stereocenters. The second-order valence-electron chi connectivity index (χ2n) is 4.97. The molecule has 0 bridgehead atoms. The SMILES string of the molecule is Cc1ccc(C(=O)CSc2nnnn2C2CCCC2)s1. The molecule has 1 aliphatic carbocycles. The minimum Gasteiger partial charge on any atom is -0.292 e. The summed E-state index contributed by atoms with van der Waals surface area (Å²) in [6, 6.07) is 4.28. The van der Waals surface area contributed by atoms with Gasteiger partial charge in [0.1, 0.15) is 0 Å². The fraction of sp³-hybridized carbons (Fsp3) is 0.538. The number of thioether (sulfide) groups is 1. The highest BCUT2D eigenvalue weighted by Crippen LogP contribution is 2.31. The summed E-state index contributed by atoms with van der Waals surface area (Å²) < 4.78 is 1.89. The molecule has 1 fully saturated rings. The molecule has 0 spiro atoms. The van der Waals surface area contributed by atoms with E-state index in [9.17, 15) is 4.79 Å². The maximum atomic E-state index is 12.1. The second-order valence-corrected chi connectivity index (χ2v) is 7.20. The van der Waals surface area contributed by atoms with Crippen molar-refractivity contribution in [1.82, 2.24) is 20.2 Å². The molecule has 106 valence electrons. The van der Waals surface area contributed by atoms with Gasteiger partial charge in [-0.15, -0.1) is 16.4 Å². The highest BCUT2D eigenvalue weighted by molar-refractivity contribution is 7.99. The molecular formula is C13H16N4OS2. The van der Waals surface area contributed by atoms with Crippen LogP contribution in [0.25, 0.3) is 0 Å². The van der Waals surface area contributed by atoms with Crippen molar-refractivity contribution in [2.24, 2.45) is 0 Å². The van der Waals surface area contributed by atoms with Gasteiger partial charge in [-0.25, -0.2) is 4.68 Å². The largest absolute Gasteiger partial charge is 0.292 e. The number of ketones is 1. The van der Waals surface area contributed by atoms with Crippen molar-refractivity contribution in [3.8, 4) is 0 Å². The molecule has 2 aromatic rings. The van der Waals surface area contributed by atoms with Gasteiger partial charge in [-0.1, -0.05) is 24.6 Å². The van der Waals surface area contributed by atoms with Crippen LogP contribution >= 0.6 is 23.1 Å². The lowest BCUT2D eigenvalue weighted by Crippen LogP contribution is -2.09. The number of thiophene rings is 1. The molecule has 0 aliphatic heterocycles. The molecule has 0 N–H and O–H groups in total. The number of nitrogens with zero attached hydrogens (tertiary/aromatic N) is 4. The van der Waals surface area contributed by atoms with E-state index in [1.54, 1.807) is 11.3 Å². The van der Waals surface area contributed by atoms with Crippen LogP contribution in [0.1, 0.15) is 46.3 Å². The highest BCUT2D eigenvalue weighted by atomic mass is 32.2. The number of rotatable bonds is 5. The highest BCUT2D eigenvalue weighted by Gasteiger charge is 2.22. The number of hydrogen-bond acceptors (Lipinski definition) is 6. The van der Waals surface area contributed by atoms with Crippen molar-refractivity contribution < 1.29 is 4.79 Å². The van der Waals surface area contributed by atoms with Gasteiger partial charge in [0.2, 0.25) is 5.16 Å². The third kappa shape index (κ3) is 2.93. The molecule has 1 aliphatic rings. The van der Waals surface area contributed by atoms with E-state index in [0.717, 1.165) is 27.8 Å². The summed E-state index contributed by atoms with van der Waals surface area (Å²) >= 11 is 2.98. The zero-order valence-corrected chi connectivity index (χ0v) is 12.9. The second kappa shape index (κ2) is 6.05. The van der Waals surface area contributed by atoms with E-state index in [1.165, 1.54) is 24.6 Å². The summed E-state index contributed by atoms with van der Waals surface area (Å²) in [4.78, 5) is 14.1. The number of tetrazole rings is 1. The Balaban J connectivity index is 1.64. The van der Waals surface area contributed by atoms with E-state index in [1.807, 2.05) is 23.7 Å². The van der Waals surface area contributed by atoms with Crippen molar-refractivity contribution in [3.63, 3.8) is 0 Å². The van der Waals surface area contributed by atoms with E-state index in [4.69, 9.17) is 0 Å². The van der Waals surface area contributed by atoms with Crippen LogP contribution in [-0.4, -0.2) is 31.7 Å². The van der Waals surface area contributed by atoms with Crippen LogP contribution in [0.15, 0.2) is 17.3 Å². The van der Waals surface area contributed by atoms with Crippen LogP contribution in [0, 0.1) is 6.92 Å². The van der Waals surface area contributed by atoms with Gasteiger partial charge in [-0.05, 0) is 42.3 Å². The maximum Gasteiger partial charge on any atom is 0.210 e. The Morgan fingerprint density at radius 3 is 2.95 bits per heavy atom. The molecule has 5 nitrogen and oxygen atoms in total. The summed E-state index contributed by atoms with van der Waals surface area (Å²) in [5, 5.41) is 12.6. The van der Waals surface area contributed by atoms with Crippen molar-refractivity contribution in [3.05, 3.63) is 21.9 Å². The van der Waals surface area contributed by atoms with Gasteiger partial charge >= 0.3 is 0 Å². The first-order valence-electron chi connectivity index (χ1n) is 6.74. The molecule has 2 aromatic heterocycles. The van der Waals surface area contributed by atoms with Crippen molar-refractivity contribution in [2.45, 2.75) is 43.8 Å². The minimum absolute atomic E-state index is 0.147. The van der Waals surface area contributed by atoms with Gasteiger partial charge in [0, 0.05) is 4.88 Å². The Hall–Kier alpha value is -1.21. The van der Waals surface area contributed by atoms with Crippen molar-refractivity contribution in [1.29, 1.82) is 0 Å². The van der Waals surface area contributed by atoms with Gasteiger partial charge < -0.3 is 0 Å². The monoisotopic (exact) mass is 308 g/mol. The van der Waals surface area contributed by atoms with E-state index in [2.05, 4.69) is 15.5 Å². The third-order valence-electron chi connectivity index (χ3n) is 3.48. The average Bonchev–Trinajstić information content (AvgIpc) is 3.16. The summed E-state index contributed by atoms with van der Waals surface area (Å²) in [5.74, 6) is 0.543. The zero-order valence-electron chi connectivity index (χ0n) is 11.3. The van der Waals surface area contributed by atoms with Gasteiger partial charge in [-0.2, -0.15) is 0 Å². The van der Waals surface area contributed by atoms with Crippen LogP contribution in [0.5, 0.6) is 0 Å². The normalized spacial score (nSPS) is 15.8. The molecule has 0 unspecified atom stereocenters. The fourth-order valence-electron chi connectivity index (χ4n) is 2.44. The number of Topliss-reactive ketones (excluding diaryl/α,β-unsaturated/α-hetero) is 1.